The van der Waals surface area contributed by atoms with E-state index in [0.717, 1.165) is 45.1 Å². The normalized spacial score (nSPS) is 10.8. The van der Waals surface area contributed by atoms with Gasteiger partial charge in [-0.3, -0.25) is 0 Å². The molecule has 2 radical (unpaired) electrons. The third-order valence-electron chi connectivity index (χ3n) is 5.94. The van der Waals surface area contributed by atoms with Crippen molar-refractivity contribution in [3.05, 3.63) is 139 Å². The SMILES string of the molecule is [Ir].[Y].[c-]1ccccc1-c1[c-]cc2c(n1)-c1[c-]cccc1CO2.[c-]1ccccc1-c1cc2ccccc2cn1. The quantitative estimate of drug-likeness (QED) is 0.174. The number of hydrogen-bond donors (Lipinski definition) is 0. The number of hydrogen-bond acceptors (Lipinski definition) is 3. The van der Waals surface area contributed by atoms with Gasteiger partial charge in [-0.1, -0.05) is 35.9 Å². The van der Waals surface area contributed by atoms with Crippen molar-refractivity contribution in [2.75, 3.05) is 0 Å². The fraction of sp³-hybridized carbons (Fsp3) is 0.0303. The summed E-state index contributed by atoms with van der Waals surface area (Å²) >= 11 is 0. The van der Waals surface area contributed by atoms with Gasteiger partial charge in [0.25, 0.3) is 0 Å². The number of fused-ring (bicyclic) bond motifs is 4. The van der Waals surface area contributed by atoms with Crippen LogP contribution in [0.2, 0.25) is 0 Å². The van der Waals surface area contributed by atoms with E-state index in [-0.39, 0.29) is 52.8 Å². The molecular formula is C33H20IrN2OY-4. The van der Waals surface area contributed by atoms with Gasteiger partial charge in [0.15, 0.2) is 0 Å². The Morgan fingerprint density at radius 3 is 2.18 bits per heavy atom. The molecule has 2 aromatic heterocycles. The van der Waals surface area contributed by atoms with Crippen LogP contribution in [0.25, 0.3) is 44.5 Å². The number of aromatic nitrogens is 2. The Kier molecular flexibility index (Phi) is 9.71. The summed E-state index contributed by atoms with van der Waals surface area (Å²) in [5.41, 5.74) is 6.67. The van der Waals surface area contributed by atoms with Gasteiger partial charge in [-0.25, -0.2) is 17.7 Å². The van der Waals surface area contributed by atoms with Crippen molar-refractivity contribution >= 4 is 10.8 Å². The van der Waals surface area contributed by atoms with Crippen molar-refractivity contribution in [1.29, 1.82) is 0 Å². The Balaban J connectivity index is 0.000000172. The summed E-state index contributed by atoms with van der Waals surface area (Å²) in [6.07, 6.45) is 1.91. The van der Waals surface area contributed by atoms with Crippen molar-refractivity contribution in [3.8, 4) is 39.5 Å². The molecule has 0 bridgehead atoms. The predicted molar refractivity (Wildman–Crippen MR) is 142 cm³/mol. The van der Waals surface area contributed by atoms with Crippen molar-refractivity contribution in [2.24, 2.45) is 0 Å². The minimum absolute atomic E-state index is 0. The van der Waals surface area contributed by atoms with Gasteiger partial charge in [-0.05, 0) is 22.2 Å². The average Bonchev–Trinajstić information content (AvgIpc) is 2.98. The number of benzene rings is 4. The summed E-state index contributed by atoms with van der Waals surface area (Å²) in [6, 6.07) is 46.5. The van der Waals surface area contributed by atoms with Gasteiger partial charge in [0.2, 0.25) is 0 Å². The Morgan fingerprint density at radius 1 is 0.711 bits per heavy atom. The number of pyridine rings is 2. The van der Waals surface area contributed by atoms with Crippen LogP contribution in [0.4, 0.5) is 0 Å². The van der Waals surface area contributed by atoms with E-state index < -0.39 is 0 Å². The first-order valence-corrected chi connectivity index (χ1v) is 11.7. The topological polar surface area (TPSA) is 35.0 Å². The Bertz CT molecular complexity index is 1640. The van der Waals surface area contributed by atoms with Gasteiger partial charge in [0.05, 0.1) is 6.61 Å². The maximum absolute atomic E-state index is 5.72. The molecule has 0 N–H and O–H groups in total. The number of rotatable bonds is 2. The Hall–Kier alpha value is -3.01. The zero-order valence-electron chi connectivity index (χ0n) is 20.3. The van der Waals surface area contributed by atoms with E-state index >= 15 is 0 Å². The molecule has 0 spiro atoms. The second kappa shape index (κ2) is 13.2. The minimum Gasteiger partial charge on any atom is -0.562 e. The molecule has 0 unspecified atom stereocenters. The fourth-order valence-electron chi connectivity index (χ4n) is 4.12. The van der Waals surface area contributed by atoms with Crippen LogP contribution in [0.3, 0.4) is 0 Å². The molecule has 38 heavy (non-hydrogen) atoms. The van der Waals surface area contributed by atoms with Crippen LogP contribution >= 0.6 is 0 Å². The van der Waals surface area contributed by atoms with E-state index in [4.69, 9.17) is 4.74 Å². The largest absolute Gasteiger partial charge is 0.562 e. The first-order valence-electron chi connectivity index (χ1n) is 11.7. The van der Waals surface area contributed by atoms with Crippen LogP contribution in [-0.4, -0.2) is 9.97 Å². The van der Waals surface area contributed by atoms with Crippen molar-refractivity contribution < 1.29 is 57.6 Å². The van der Waals surface area contributed by atoms with E-state index in [1.165, 1.54) is 10.8 Å². The molecule has 1 aliphatic rings. The van der Waals surface area contributed by atoms with Crippen molar-refractivity contribution in [3.63, 3.8) is 0 Å². The van der Waals surface area contributed by atoms with E-state index in [2.05, 4.69) is 52.4 Å². The van der Waals surface area contributed by atoms with Crippen molar-refractivity contribution in [1.82, 2.24) is 9.97 Å². The average molecular weight is 742 g/mol. The maximum Gasteiger partial charge on any atom is 0.0626 e. The van der Waals surface area contributed by atoms with E-state index in [9.17, 15) is 0 Å². The van der Waals surface area contributed by atoms with E-state index in [1.807, 2.05) is 91.1 Å². The molecule has 0 aliphatic carbocycles. The molecule has 7 rings (SSSR count). The molecule has 0 saturated heterocycles. The molecule has 1 aliphatic heterocycles. The van der Waals surface area contributed by atoms with Crippen molar-refractivity contribution in [2.45, 2.75) is 6.61 Å². The van der Waals surface area contributed by atoms with Gasteiger partial charge in [-0.2, -0.15) is 24.3 Å². The molecule has 0 fully saturated rings. The minimum atomic E-state index is 0. The fourth-order valence-corrected chi connectivity index (χ4v) is 4.12. The Morgan fingerprint density at radius 2 is 1.42 bits per heavy atom. The summed E-state index contributed by atoms with van der Waals surface area (Å²) in [5.74, 6) is 0.764. The molecule has 4 aromatic carbocycles. The maximum atomic E-state index is 5.72. The van der Waals surface area contributed by atoms with Gasteiger partial charge in [0.1, 0.15) is 0 Å². The summed E-state index contributed by atoms with van der Waals surface area (Å²) in [7, 11) is 0. The second-order valence-electron chi connectivity index (χ2n) is 8.29. The predicted octanol–water partition coefficient (Wildman–Crippen LogP) is 7.41. The molecule has 5 heteroatoms. The molecule has 0 amide bonds. The first-order chi connectivity index (χ1) is 17.8. The molecule has 6 aromatic rings. The zero-order chi connectivity index (χ0) is 24.2. The first kappa shape index (κ1) is 28.0. The van der Waals surface area contributed by atoms with E-state index in [0.29, 0.717) is 6.61 Å². The van der Waals surface area contributed by atoms with Crippen LogP contribution < -0.4 is 4.74 Å². The molecule has 3 nitrogen and oxygen atoms in total. The molecule has 184 valence electrons. The van der Waals surface area contributed by atoms with Gasteiger partial charge < -0.3 is 14.7 Å². The zero-order valence-corrected chi connectivity index (χ0v) is 25.5. The van der Waals surface area contributed by atoms with Gasteiger partial charge in [0, 0.05) is 64.8 Å². The standard InChI is InChI=1S/C18H10NO.C15H10N.Ir.Y/c1-2-6-13(7-3-1)16-10-11-17-18(19-16)15-9-5-4-8-14(15)12-20-17;1-2-6-12(7-3-1)15-10-13-8-4-5-9-14(13)11-16-15;;/h1-6,8,11H,12H2;1-6,8-11H;;/q-3;-1;;. The van der Waals surface area contributed by atoms with Gasteiger partial charge >= 0.3 is 0 Å². The number of ether oxygens (including phenoxy) is 1. The Labute approximate surface area is 261 Å². The van der Waals surface area contributed by atoms with Crippen LogP contribution in [0.1, 0.15) is 5.56 Å². The summed E-state index contributed by atoms with van der Waals surface area (Å²) in [6.45, 7) is 0.562. The third-order valence-corrected chi connectivity index (χ3v) is 5.94. The van der Waals surface area contributed by atoms with Crippen LogP contribution in [0.15, 0.2) is 109 Å². The third kappa shape index (κ3) is 6.17. The monoisotopic (exact) mass is 742 g/mol. The van der Waals surface area contributed by atoms with Gasteiger partial charge in [-0.15, -0.1) is 77.5 Å². The molecule has 0 atom stereocenters. The van der Waals surface area contributed by atoms with Crippen LogP contribution in [-0.2, 0) is 59.4 Å². The molecular weight excluding hydrogens is 721 g/mol. The van der Waals surface area contributed by atoms with Crippen LogP contribution in [0, 0.1) is 24.3 Å². The number of nitrogens with zero attached hydrogens (tertiary/aromatic N) is 2. The summed E-state index contributed by atoms with van der Waals surface area (Å²) in [4.78, 5) is 9.13. The molecule has 3 heterocycles. The van der Waals surface area contributed by atoms with Crippen LogP contribution in [0.5, 0.6) is 5.75 Å². The smallest absolute Gasteiger partial charge is 0.0626 e. The van der Waals surface area contributed by atoms with E-state index in [1.54, 1.807) is 0 Å². The summed E-state index contributed by atoms with van der Waals surface area (Å²) in [5, 5.41) is 2.38. The second-order valence-corrected chi connectivity index (χ2v) is 8.29. The summed E-state index contributed by atoms with van der Waals surface area (Å²) < 4.78 is 5.72. The molecule has 0 saturated carbocycles.